The number of aryl methyl sites for hydroxylation is 1. The fourth-order valence-electron chi connectivity index (χ4n) is 2.03. The number of nitrogens with zero attached hydrogens (tertiary/aromatic N) is 3. The maximum Gasteiger partial charge on any atom is 0.150 e. The Kier molecular flexibility index (Phi) is 2.83. The normalized spacial score (nSPS) is 10.8. The summed E-state index contributed by atoms with van der Waals surface area (Å²) in [6, 6.07) is 11.3. The first-order chi connectivity index (χ1) is 9.30. The smallest absolute Gasteiger partial charge is 0.150 e. The Bertz CT molecular complexity index is 746. The number of benzene rings is 1. The Balaban J connectivity index is 2.08. The molecular formula is C15H13N3O. The lowest BCUT2D eigenvalue weighted by molar-refractivity contribution is 0.112. The molecule has 4 heteroatoms. The molecule has 1 aromatic carbocycles. The summed E-state index contributed by atoms with van der Waals surface area (Å²) in [4.78, 5) is 15.3. The average Bonchev–Trinajstić information content (AvgIpc) is 2.95. The number of pyridine rings is 1. The highest BCUT2D eigenvalue weighted by Gasteiger charge is 2.05. The number of aromatic nitrogens is 3. The molecule has 0 N–H and O–H groups in total. The van der Waals surface area contributed by atoms with Gasteiger partial charge >= 0.3 is 0 Å². The van der Waals surface area contributed by atoms with Crippen LogP contribution in [0.15, 0.2) is 42.6 Å². The number of hydrogen-bond donors (Lipinski definition) is 0. The van der Waals surface area contributed by atoms with Crippen LogP contribution in [0.25, 0.3) is 22.3 Å². The quantitative estimate of drug-likeness (QED) is 0.672. The van der Waals surface area contributed by atoms with Gasteiger partial charge in [0.15, 0.2) is 0 Å². The molecule has 2 heterocycles. The molecule has 0 saturated carbocycles. The Morgan fingerprint density at radius 1 is 1.16 bits per heavy atom. The predicted octanol–water partition coefficient (Wildman–Crippen LogP) is 2.93. The molecule has 0 atom stereocenters. The summed E-state index contributed by atoms with van der Waals surface area (Å²) in [7, 11) is 0. The van der Waals surface area contributed by atoms with E-state index in [2.05, 4.69) is 10.1 Å². The van der Waals surface area contributed by atoms with Gasteiger partial charge in [-0.15, -0.1) is 0 Å². The van der Waals surface area contributed by atoms with E-state index in [1.165, 1.54) is 0 Å². The van der Waals surface area contributed by atoms with E-state index in [9.17, 15) is 4.79 Å². The molecule has 94 valence electrons. The lowest BCUT2D eigenvalue weighted by Crippen LogP contribution is -1.94. The molecule has 19 heavy (non-hydrogen) atoms. The van der Waals surface area contributed by atoms with Gasteiger partial charge in [-0.1, -0.05) is 6.07 Å². The lowest BCUT2D eigenvalue weighted by Gasteiger charge is -2.01. The minimum absolute atomic E-state index is 0.664. The van der Waals surface area contributed by atoms with Crippen molar-refractivity contribution in [3.8, 4) is 11.4 Å². The zero-order chi connectivity index (χ0) is 13.2. The van der Waals surface area contributed by atoms with E-state index in [1.807, 2.05) is 48.1 Å². The van der Waals surface area contributed by atoms with Gasteiger partial charge in [0, 0.05) is 23.7 Å². The number of carbonyl (C=O) groups is 1. The van der Waals surface area contributed by atoms with Crippen molar-refractivity contribution in [1.82, 2.24) is 14.8 Å². The molecule has 0 unspecified atom stereocenters. The van der Waals surface area contributed by atoms with Crippen LogP contribution < -0.4 is 0 Å². The molecule has 0 radical (unpaired) electrons. The second-order valence-electron chi connectivity index (χ2n) is 4.32. The van der Waals surface area contributed by atoms with Crippen LogP contribution in [0.4, 0.5) is 0 Å². The zero-order valence-electron chi connectivity index (χ0n) is 10.6. The Morgan fingerprint density at radius 3 is 2.79 bits per heavy atom. The van der Waals surface area contributed by atoms with Crippen LogP contribution in [0.2, 0.25) is 0 Å². The van der Waals surface area contributed by atoms with Crippen LogP contribution in [0.3, 0.4) is 0 Å². The maximum absolute atomic E-state index is 10.7. The van der Waals surface area contributed by atoms with Gasteiger partial charge in [0.2, 0.25) is 0 Å². The fourth-order valence-corrected chi connectivity index (χ4v) is 2.03. The van der Waals surface area contributed by atoms with Gasteiger partial charge in [-0.2, -0.15) is 5.10 Å². The lowest BCUT2D eigenvalue weighted by atomic mass is 10.1. The predicted molar refractivity (Wildman–Crippen MR) is 74.0 cm³/mol. The standard InChI is InChI=1S/C15H13N3O/c1-2-18-8-7-15(17-18)14-6-4-12-9-11(10-19)3-5-13(12)16-14/h3-10H,2H2,1H3. The molecule has 3 rings (SSSR count). The summed E-state index contributed by atoms with van der Waals surface area (Å²) in [6.45, 7) is 2.89. The summed E-state index contributed by atoms with van der Waals surface area (Å²) in [5.41, 5.74) is 3.24. The maximum atomic E-state index is 10.7. The molecule has 3 aromatic rings. The molecule has 0 fully saturated rings. The number of carbonyl (C=O) groups excluding carboxylic acids is 1. The summed E-state index contributed by atoms with van der Waals surface area (Å²) in [6.07, 6.45) is 2.78. The highest BCUT2D eigenvalue weighted by atomic mass is 16.1. The number of fused-ring (bicyclic) bond motifs is 1. The van der Waals surface area contributed by atoms with Gasteiger partial charge in [-0.05, 0) is 37.3 Å². The highest BCUT2D eigenvalue weighted by molar-refractivity contribution is 5.87. The second kappa shape index (κ2) is 4.65. The molecule has 0 bridgehead atoms. The van der Waals surface area contributed by atoms with E-state index >= 15 is 0 Å². The first-order valence-electron chi connectivity index (χ1n) is 6.20. The fraction of sp³-hybridized carbons (Fsp3) is 0.133. The van der Waals surface area contributed by atoms with Crippen molar-refractivity contribution in [3.05, 3.63) is 48.2 Å². The van der Waals surface area contributed by atoms with Gasteiger partial charge in [-0.25, -0.2) is 4.98 Å². The molecule has 0 aliphatic carbocycles. The SMILES string of the molecule is CCn1ccc(-c2ccc3cc(C=O)ccc3n2)n1. The van der Waals surface area contributed by atoms with Crippen molar-refractivity contribution in [2.24, 2.45) is 0 Å². The van der Waals surface area contributed by atoms with Crippen LogP contribution >= 0.6 is 0 Å². The van der Waals surface area contributed by atoms with Gasteiger partial charge in [-0.3, -0.25) is 9.48 Å². The molecule has 0 aliphatic heterocycles. The third-order valence-corrected chi connectivity index (χ3v) is 3.08. The molecule has 2 aromatic heterocycles. The number of hydrogen-bond acceptors (Lipinski definition) is 3. The number of rotatable bonds is 3. The van der Waals surface area contributed by atoms with Crippen LogP contribution in [-0.4, -0.2) is 21.1 Å². The molecular weight excluding hydrogens is 238 g/mol. The minimum atomic E-state index is 0.664. The monoisotopic (exact) mass is 251 g/mol. The molecule has 0 saturated heterocycles. The zero-order valence-corrected chi connectivity index (χ0v) is 10.6. The molecule has 0 amide bonds. The highest BCUT2D eigenvalue weighted by Crippen LogP contribution is 2.20. The van der Waals surface area contributed by atoms with E-state index in [-0.39, 0.29) is 0 Å². The van der Waals surface area contributed by atoms with Crippen molar-refractivity contribution in [1.29, 1.82) is 0 Å². The second-order valence-corrected chi connectivity index (χ2v) is 4.32. The first-order valence-corrected chi connectivity index (χ1v) is 6.20. The van der Waals surface area contributed by atoms with Crippen molar-refractivity contribution in [2.45, 2.75) is 13.5 Å². The first kappa shape index (κ1) is 11.6. The summed E-state index contributed by atoms with van der Waals surface area (Å²) < 4.78 is 1.87. The van der Waals surface area contributed by atoms with Gasteiger partial charge in [0.25, 0.3) is 0 Å². The third-order valence-electron chi connectivity index (χ3n) is 3.08. The van der Waals surface area contributed by atoms with Gasteiger partial charge in [0.05, 0.1) is 11.2 Å². The van der Waals surface area contributed by atoms with E-state index in [4.69, 9.17) is 0 Å². The average molecular weight is 251 g/mol. The largest absolute Gasteiger partial charge is 0.298 e. The third kappa shape index (κ3) is 2.12. The van der Waals surface area contributed by atoms with Crippen LogP contribution in [0, 0.1) is 0 Å². The topological polar surface area (TPSA) is 47.8 Å². The van der Waals surface area contributed by atoms with E-state index in [0.29, 0.717) is 5.56 Å². The van der Waals surface area contributed by atoms with Crippen molar-refractivity contribution in [3.63, 3.8) is 0 Å². The summed E-state index contributed by atoms with van der Waals surface area (Å²) >= 11 is 0. The Hall–Kier alpha value is -2.49. The van der Waals surface area contributed by atoms with Crippen LogP contribution in [-0.2, 0) is 6.54 Å². The van der Waals surface area contributed by atoms with Gasteiger partial charge in [0.1, 0.15) is 12.0 Å². The minimum Gasteiger partial charge on any atom is -0.298 e. The van der Waals surface area contributed by atoms with Crippen molar-refractivity contribution >= 4 is 17.2 Å². The molecule has 0 spiro atoms. The van der Waals surface area contributed by atoms with Crippen molar-refractivity contribution < 1.29 is 4.79 Å². The van der Waals surface area contributed by atoms with Gasteiger partial charge < -0.3 is 0 Å². The Morgan fingerprint density at radius 2 is 2.05 bits per heavy atom. The molecule has 0 aliphatic rings. The van der Waals surface area contributed by atoms with Crippen LogP contribution in [0.5, 0.6) is 0 Å². The Labute approximate surface area is 110 Å². The van der Waals surface area contributed by atoms with E-state index in [0.717, 1.165) is 35.1 Å². The van der Waals surface area contributed by atoms with Crippen LogP contribution in [0.1, 0.15) is 17.3 Å². The van der Waals surface area contributed by atoms with E-state index in [1.54, 1.807) is 6.07 Å². The molecule has 4 nitrogen and oxygen atoms in total. The number of aldehydes is 1. The van der Waals surface area contributed by atoms with E-state index < -0.39 is 0 Å². The summed E-state index contributed by atoms with van der Waals surface area (Å²) in [5, 5.41) is 5.40. The summed E-state index contributed by atoms with van der Waals surface area (Å²) in [5.74, 6) is 0. The van der Waals surface area contributed by atoms with Crippen molar-refractivity contribution in [2.75, 3.05) is 0 Å².